The van der Waals surface area contributed by atoms with Gasteiger partial charge in [0.15, 0.2) is 5.78 Å². The predicted molar refractivity (Wildman–Crippen MR) is 69.1 cm³/mol. The molecular weight excluding hydrogens is 218 g/mol. The number of carbonyl (C=O) groups is 1. The van der Waals surface area contributed by atoms with Crippen molar-refractivity contribution in [1.82, 2.24) is 4.98 Å². The fraction of sp³-hybridized carbons (Fsp3) is 0.692. The van der Waals surface area contributed by atoms with Crippen LogP contribution in [-0.2, 0) is 0 Å². The molecule has 0 spiro atoms. The fourth-order valence-electron chi connectivity index (χ4n) is 1.72. The molecule has 0 aliphatic carbocycles. The van der Waals surface area contributed by atoms with Crippen molar-refractivity contribution >= 4 is 17.1 Å². The highest BCUT2D eigenvalue weighted by atomic mass is 32.1. The molecule has 1 rings (SSSR count). The molecule has 1 heterocycles. The largest absolute Gasteiger partial charge is 0.293 e. The number of unbranched alkanes of at least 4 members (excludes halogenated alkanes) is 6. The number of hydrogen-bond donors (Lipinski definition) is 0. The first-order chi connectivity index (χ1) is 7.84. The van der Waals surface area contributed by atoms with Crippen molar-refractivity contribution in [1.29, 1.82) is 0 Å². The first-order valence-corrected chi connectivity index (χ1v) is 7.14. The molecular formula is C13H21NOS. The Morgan fingerprint density at radius 3 is 2.50 bits per heavy atom. The van der Waals surface area contributed by atoms with Gasteiger partial charge in [0.25, 0.3) is 0 Å². The Kier molecular flexibility index (Phi) is 7.06. The molecule has 0 saturated carbocycles. The molecule has 0 aliphatic heterocycles. The second kappa shape index (κ2) is 8.45. The number of carbonyl (C=O) groups excluding carboxylic acids is 1. The van der Waals surface area contributed by atoms with E-state index < -0.39 is 0 Å². The summed E-state index contributed by atoms with van der Waals surface area (Å²) in [6, 6.07) is 0. The number of ketones is 1. The van der Waals surface area contributed by atoms with Crippen LogP contribution in [0.1, 0.15) is 68.0 Å². The lowest BCUT2D eigenvalue weighted by atomic mass is 10.1. The number of aromatic nitrogens is 1. The molecule has 3 heteroatoms. The molecule has 2 nitrogen and oxygen atoms in total. The summed E-state index contributed by atoms with van der Waals surface area (Å²) in [5.74, 6) is 0.260. The molecule has 16 heavy (non-hydrogen) atoms. The molecule has 0 fully saturated rings. The Labute approximate surface area is 102 Å². The van der Waals surface area contributed by atoms with E-state index in [9.17, 15) is 4.79 Å². The summed E-state index contributed by atoms with van der Waals surface area (Å²) in [7, 11) is 0. The Morgan fingerprint density at radius 1 is 1.19 bits per heavy atom. The number of hydrogen-bond acceptors (Lipinski definition) is 3. The van der Waals surface area contributed by atoms with Gasteiger partial charge in [-0.2, -0.15) is 0 Å². The average molecular weight is 239 g/mol. The summed E-state index contributed by atoms with van der Waals surface area (Å²) in [6.45, 7) is 2.23. The van der Waals surface area contributed by atoms with Gasteiger partial charge in [-0.1, -0.05) is 45.4 Å². The maximum atomic E-state index is 11.6. The minimum absolute atomic E-state index is 0.260. The summed E-state index contributed by atoms with van der Waals surface area (Å²) >= 11 is 1.45. The summed E-state index contributed by atoms with van der Waals surface area (Å²) in [6.07, 6.45) is 11.2. The monoisotopic (exact) mass is 239 g/mol. The van der Waals surface area contributed by atoms with E-state index in [0.29, 0.717) is 6.42 Å². The molecule has 1 aromatic heterocycles. The molecule has 0 N–H and O–H groups in total. The first-order valence-electron chi connectivity index (χ1n) is 6.26. The van der Waals surface area contributed by atoms with Crippen molar-refractivity contribution in [2.45, 2.75) is 58.3 Å². The molecule has 90 valence electrons. The van der Waals surface area contributed by atoms with Crippen LogP contribution in [0.4, 0.5) is 0 Å². The third-order valence-corrected chi connectivity index (χ3v) is 3.53. The van der Waals surface area contributed by atoms with Crippen molar-refractivity contribution in [3.8, 4) is 0 Å². The van der Waals surface area contributed by atoms with Gasteiger partial charge >= 0.3 is 0 Å². The fourth-order valence-corrected chi connectivity index (χ4v) is 2.31. The van der Waals surface area contributed by atoms with Crippen LogP contribution >= 0.6 is 11.3 Å². The van der Waals surface area contributed by atoms with Crippen LogP contribution in [0.5, 0.6) is 0 Å². The van der Waals surface area contributed by atoms with Crippen molar-refractivity contribution in [3.63, 3.8) is 0 Å². The van der Waals surface area contributed by atoms with Crippen LogP contribution in [-0.4, -0.2) is 10.8 Å². The van der Waals surface area contributed by atoms with Crippen molar-refractivity contribution in [3.05, 3.63) is 16.6 Å². The number of thiazole rings is 1. The normalized spacial score (nSPS) is 10.6. The third kappa shape index (κ3) is 5.40. The van der Waals surface area contributed by atoms with Gasteiger partial charge in [0.1, 0.15) is 0 Å². The van der Waals surface area contributed by atoms with E-state index in [2.05, 4.69) is 11.9 Å². The highest BCUT2D eigenvalue weighted by Gasteiger charge is 2.06. The van der Waals surface area contributed by atoms with Crippen molar-refractivity contribution in [2.75, 3.05) is 0 Å². The van der Waals surface area contributed by atoms with Gasteiger partial charge in [-0.05, 0) is 6.42 Å². The molecule has 0 amide bonds. The van der Waals surface area contributed by atoms with Crippen LogP contribution in [0.2, 0.25) is 0 Å². The second-order valence-corrected chi connectivity index (χ2v) is 5.05. The van der Waals surface area contributed by atoms with E-state index in [1.807, 2.05) is 0 Å². The molecule has 0 bridgehead atoms. The van der Waals surface area contributed by atoms with Crippen LogP contribution in [0.3, 0.4) is 0 Å². The Hall–Kier alpha value is -0.700. The van der Waals surface area contributed by atoms with Gasteiger partial charge in [0.05, 0.1) is 10.4 Å². The summed E-state index contributed by atoms with van der Waals surface area (Å²) in [4.78, 5) is 16.3. The van der Waals surface area contributed by atoms with E-state index in [1.54, 1.807) is 11.7 Å². The third-order valence-electron chi connectivity index (χ3n) is 2.71. The van der Waals surface area contributed by atoms with Gasteiger partial charge in [-0.3, -0.25) is 9.78 Å². The number of rotatable bonds is 9. The lowest BCUT2D eigenvalue weighted by molar-refractivity contribution is 0.0983. The van der Waals surface area contributed by atoms with Gasteiger partial charge in [-0.25, -0.2) is 0 Å². The van der Waals surface area contributed by atoms with Crippen LogP contribution < -0.4 is 0 Å². The summed E-state index contributed by atoms with van der Waals surface area (Å²) < 4.78 is 0. The lowest BCUT2D eigenvalue weighted by Crippen LogP contribution is -1.95. The minimum atomic E-state index is 0.260. The van der Waals surface area contributed by atoms with E-state index in [0.717, 1.165) is 11.3 Å². The van der Waals surface area contributed by atoms with E-state index >= 15 is 0 Å². The minimum Gasteiger partial charge on any atom is -0.293 e. The molecule has 0 saturated heterocycles. The van der Waals surface area contributed by atoms with E-state index in [-0.39, 0.29) is 5.78 Å². The van der Waals surface area contributed by atoms with Crippen molar-refractivity contribution in [2.24, 2.45) is 0 Å². The van der Waals surface area contributed by atoms with Gasteiger partial charge < -0.3 is 0 Å². The molecule has 0 unspecified atom stereocenters. The average Bonchev–Trinajstić information content (AvgIpc) is 2.81. The van der Waals surface area contributed by atoms with Crippen LogP contribution in [0.15, 0.2) is 11.7 Å². The first kappa shape index (κ1) is 13.4. The Morgan fingerprint density at radius 2 is 1.88 bits per heavy atom. The standard InChI is InChI=1S/C13H21NOS/c1-2-3-4-5-6-7-8-9-12(15)13-10-14-11-16-13/h10-11H,2-9H2,1H3. The Bertz CT molecular complexity index is 282. The zero-order valence-electron chi connectivity index (χ0n) is 10.1. The van der Waals surface area contributed by atoms with Gasteiger partial charge in [-0.15, -0.1) is 11.3 Å². The smallest absolute Gasteiger partial charge is 0.174 e. The summed E-state index contributed by atoms with van der Waals surface area (Å²) in [5, 5.41) is 0. The number of nitrogens with zero attached hydrogens (tertiary/aromatic N) is 1. The number of Topliss-reactive ketones (excluding diaryl/α,β-unsaturated/α-hetero) is 1. The molecule has 1 aromatic rings. The predicted octanol–water partition coefficient (Wildman–Crippen LogP) is 4.47. The van der Waals surface area contributed by atoms with Crippen molar-refractivity contribution < 1.29 is 4.79 Å². The van der Waals surface area contributed by atoms with Gasteiger partial charge in [0, 0.05) is 12.6 Å². The lowest BCUT2D eigenvalue weighted by Gasteiger charge is -2.00. The molecule has 0 atom stereocenters. The van der Waals surface area contributed by atoms with E-state index in [4.69, 9.17) is 0 Å². The zero-order valence-corrected chi connectivity index (χ0v) is 10.9. The topological polar surface area (TPSA) is 30.0 Å². The molecule has 0 radical (unpaired) electrons. The Balaban J connectivity index is 1.97. The second-order valence-electron chi connectivity index (χ2n) is 4.16. The highest BCUT2D eigenvalue weighted by molar-refractivity contribution is 7.11. The zero-order chi connectivity index (χ0) is 11.6. The molecule has 0 aliphatic rings. The van der Waals surface area contributed by atoms with Gasteiger partial charge in [0.2, 0.25) is 0 Å². The van der Waals surface area contributed by atoms with E-state index in [1.165, 1.54) is 49.9 Å². The maximum absolute atomic E-state index is 11.6. The van der Waals surface area contributed by atoms with Crippen LogP contribution in [0.25, 0.3) is 0 Å². The highest BCUT2D eigenvalue weighted by Crippen LogP contribution is 2.13. The SMILES string of the molecule is CCCCCCCCCC(=O)c1cncs1. The molecule has 0 aromatic carbocycles. The maximum Gasteiger partial charge on any atom is 0.174 e. The van der Waals surface area contributed by atoms with Crippen LogP contribution in [0, 0.1) is 0 Å². The summed E-state index contributed by atoms with van der Waals surface area (Å²) in [5.41, 5.74) is 1.72. The quantitative estimate of drug-likeness (QED) is 0.470.